The Morgan fingerprint density at radius 2 is 2.08 bits per heavy atom. The molecular weight excluding hydrogens is 150 g/mol. The second-order valence-electron chi connectivity index (χ2n) is 4.52. The van der Waals surface area contributed by atoms with Crippen LogP contribution in [0.2, 0.25) is 0 Å². The SMILES string of the molecule is CC1CC(N2CCCC(O)C2)C1. The Morgan fingerprint density at radius 3 is 2.67 bits per heavy atom. The summed E-state index contributed by atoms with van der Waals surface area (Å²) in [6.45, 7) is 4.46. The van der Waals surface area contributed by atoms with Gasteiger partial charge in [-0.15, -0.1) is 0 Å². The number of likely N-dealkylation sites (tertiary alicyclic amines) is 1. The fourth-order valence-corrected chi connectivity index (χ4v) is 2.47. The fraction of sp³-hybridized carbons (Fsp3) is 1.00. The first-order valence-electron chi connectivity index (χ1n) is 5.18. The summed E-state index contributed by atoms with van der Waals surface area (Å²) in [4.78, 5) is 2.48. The highest BCUT2D eigenvalue weighted by molar-refractivity contribution is 4.87. The van der Waals surface area contributed by atoms with Crippen LogP contribution >= 0.6 is 0 Å². The Morgan fingerprint density at radius 1 is 1.33 bits per heavy atom. The van der Waals surface area contributed by atoms with Crippen LogP contribution in [0.15, 0.2) is 0 Å². The molecule has 2 nitrogen and oxygen atoms in total. The number of hydrogen-bond acceptors (Lipinski definition) is 2. The van der Waals surface area contributed by atoms with Gasteiger partial charge in [-0.2, -0.15) is 0 Å². The lowest BCUT2D eigenvalue weighted by atomic mass is 9.80. The van der Waals surface area contributed by atoms with E-state index >= 15 is 0 Å². The van der Waals surface area contributed by atoms with Gasteiger partial charge in [0.15, 0.2) is 0 Å². The average molecular weight is 169 g/mol. The molecule has 2 heteroatoms. The van der Waals surface area contributed by atoms with Crippen molar-refractivity contribution < 1.29 is 5.11 Å². The van der Waals surface area contributed by atoms with Crippen LogP contribution in [0, 0.1) is 5.92 Å². The van der Waals surface area contributed by atoms with Crippen molar-refractivity contribution in [2.24, 2.45) is 5.92 Å². The van der Waals surface area contributed by atoms with Crippen LogP contribution in [0.5, 0.6) is 0 Å². The second-order valence-corrected chi connectivity index (χ2v) is 4.52. The van der Waals surface area contributed by atoms with Gasteiger partial charge in [0.25, 0.3) is 0 Å². The van der Waals surface area contributed by atoms with Gasteiger partial charge in [0.1, 0.15) is 0 Å². The van der Waals surface area contributed by atoms with Crippen molar-refractivity contribution in [3.05, 3.63) is 0 Å². The molecule has 1 aliphatic heterocycles. The molecule has 1 saturated heterocycles. The van der Waals surface area contributed by atoms with E-state index in [9.17, 15) is 5.11 Å². The van der Waals surface area contributed by atoms with E-state index in [1.165, 1.54) is 25.8 Å². The summed E-state index contributed by atoms with van der Waals surface area (Å²) in [5.74, 6) is 0.925. The van der Waals surface area contributed by atoms with Gasteiger partial charge in [0.2, 0.25) is 0 Å². The molecule has 2 fully saturated rings. The standard InChI is InChI=1S/C10H19NO/c1-8-5-9(6-8)11-4-2-3-10(12)7-11/h8-10,12H,2-7H2,1H3. The van der Waals surface area contributed by atoms with E-state index in [1.807, 2.05) is 0 Å². The molecule has 0 amide bonds. The highest BCUT2D eigenvalue weighted by Crippen LogP contribution is 2.32. The van der Waals surface area contributed by atoms with Crippen LogP contribution in [-0.4, -0.2) is 35.2 Å². The number of rotatable bonds is 1. The minimum Gasteiger partial charge on any atom is -0.392 e. The molecule has 0 radical (unpaired) electrons. The minimum atomic E-state index is -0.0466. The first kappa shape index (κ1) is 8.52. The minimum absolute atomic E-state index is 0.0466. The molecular formula is C10H19NO. The van der Waals surface area contributed by atoms with Crippen LogP contribution in [-0.2, 0) is 0 Å². The number of aliphatic hydroxyl groups is 1. The first-order valence-corrected chi connectivity index (χ1v) is 5.18. The van der Waals surface area contributed by atoms with E-state index in [2.05, 4.69) is 11.8 Å². The topological polar surface area (TPSA) is 23.5 Å². The van der Waals surface area contributed by atoms with E-state index in [0.717, 1.165) is 24.9 Å². The fourth-order valence-electron chi connectivity index (χ4n) is 2.47. The third-order valence-corrected chi connectivity index (χ3v) is 3.29. The van der Waals surface area contributed by atoms with Crippen molar-refractivity contribution in [3.63, 3.8) is 0 Å². The van der Waals surface area contributed by atoms with E-state index < -0.39 is 0 Å². The van der Waals surface area contributed by atoms with Gasteiger partial charge in [-0.05, 0) is 38.1 Å². The molecule has 1 saturated carbocycles. The van der Waals surface area contributed by atoms with Gasteiger partial charge >= 0.3 is 0 Å². The summed E-state index contributed by atoms with van der Waals surface area (Å²) in [5, 5.41) is 9.47. The summed E-state index contributed by atoms with van der Waals surface area (Å²) in [7, 11) is 0. The van der Waals surface area contributed by atoms with Gasteiger partial charge < -0.3 is 5.11 Å². The highest BCUT2D eigenvalue weighted by Gasteiger charge is 2.32. The number of hydrogen-bond donors (Lipinski definition) is 1. The Labute approximate surface area is 74.6 Å². The molecule has 70 valence electrons. The van der Waals surface area contributed by atoms with Crippen molar-refractivity contribution in [2.45, 2.75) is 44.8 Å². The van der Waals surface area contributed by atoms with Crippen molar-refractivity contribution in [3.8, 4) is 0 Å². The number of piperidine rings is 1. The largest absolute Gasteiger partial charge is 0.392 e. The van der Waals surface area contributed by atoms with E-state index in [-0.39, 0.29) is 6.10 Å². The molecule has 1 heterocycles. The van der Waals surface area contributed by atoms with Gasteiger partial charge in [-0.1, -0.05) is 6.92 Å². The Kier molecular flexibility index (Phi) is 2.37. The van der Waals surface area contributed by atoms with Gasteiger partial charge in [0, 0.05) is 12.6 Å². The van der Waals surface area contributed by atoms with Crippen molar-refractivity contribution >= 4 is 0 Å². The molecule has 0 spiro atoms. The molecule has 0 aromatic heterocycles. The van der Waals surface area contributed by atoms with E-state index in [0.29, 0.717) is 0 Å². The van der Waals surface area contributed by atoms with Gasteiger partial charge in [-0.25, -0.2) is 0 Å². The summed E-state index contributed by atoms with van der Waals surface area (Å²) in [6.07, 6.45) is 4.86. The lowest BCUT2D eigenvalue weighted by Gasteiger charge is -2.44. The molecule has 0 aromatic rings. The van der Waals surface area contributed by atoms with Crippen LogP contribution in [0.1, 0.15) is 32.6 Å². The summed E-state index contributed by atoms with van der Waals surface area (Å²) in [5.41, 5.74) is 0. The lowest BCUT2D eigenvalue weighted by Crippen LogP contribution is -2.49. The Balaban J connectivity index is 1.80. The number of aliphatic hydroxyl groups excluding tert-OH is 1. The third-order valence-electron chi connectivity index (χ3n) is 3.29. The maximum absolute atomic E-state index is 9.47. The average Bonchev–Trinajstić information content (AvgIpc) is 1.99. The van der Waals surface area contributed by atoms with Crippen LogP contribution in [0.25, 0.3) is 0 Å². The monoisotopic (exact) mass is 169 g/mol. The number of nitrogens with zero attached hydrogens (tertiary/aromatic N) is 1. The smallest absolute Gasteiger partial charge is 0.0667 e. The van der Waals surface area contributed by atoms with Crippen molar-refractivity contribution in [2.75, 3.05) is 13.1 Å². The zero-order valence-corrected chi connectivity index (χ0v) is 7.87. The predicted octanol–water partition coefficient (Wildman–Crippen LogP) is 1.24. The van der Waals surface area contributed by atoms with Crippen LogP contribution in [0.3, 0.4) is 0 Å². The molecule has 12 heavy (non-hydrogen) atoms. The van der Waals surface area contributed by atoms with E-state index in [4.69, 9.17) is 0 Å². The Hall–Kier alpha value is -0.0800. The molecule has 2 aliphatic rings. The molecule has 1 aliphatic carbocycles. The maximum atomic E-state index is 9.47. The van der Waals surface area contributed by atoms with E-state index in [1.54, 1.807) is 0 Å². The molecule has 2 rings (SSSR count). The van der Waals surface area contributed by atoms with Gasteiger partial charge in [0.05, 0.1) is 6.10 Å². The first-order chi connectivity index (χ1) is 5.75. The zero-order valence-electron chi connectivity index (χ0n) is 7.87. The van der Waals surface area contributed by atoms with Crippen molar-refractivity contribution in [1.82, 2.24) is 4.90 Å². The lowest BCUT2D eigenvalue weighted by molar-refractivity contribution is 0.00789. The predicted molar refractivity (Wildman–Crippen MR) is 49.0 cm³/mol. The van der Waals surface area contributed by atoms with Crippen LogP contribution in [0.4, 0.5) is 0 Å². The molecule has 0 bridgehead atoms. The third kappa shape index (κ3) is 1.64. The Bertz CT molecular complexity index is 154. The quantitative estimate of drug-likeness (QED) is 0.638. The molecule has 1 unspecified atom stereocenters. The zero-order chi connectivity index (χ0) is 8.55. The number of β-amino-alcohol motifs (C(OH)–C–C–N with tert-alkyl or cyclic N) is 1. The summed E-state index contributed by atoms with van der Waals surface area (Å²) < 4.78 is 0. The summed E-state index contributed by atoms with van der Waals surface area (Å²) >= 11 is 0. The maximum Gasteiger partial charge on any atom is 0.0667 e. The molecule has 1 atom stereocenters. The van der Waals surface area contributed by atoms with Crippen LogP contribution < -0.4 is 0 Å². The molecule has 1 N–H and O–H groups in total. The van der Waals surface area contributed by atoms with Crippen molar-refractivity contribution in [1.29, 1.82) is 0 Å². The second kappa shape index (κ2) is 3.35. The molecule has 0 aromatic carbocycles. The highest BCUT2D eigenvalue weighted by atomic mass is 16.3. The van der Waals surface area contributed by atoms with Gasteiger partial charge in [-0.3, -0.25) is 4.90 Å². The summed E-state index contributed by atoms with van der Waals surface area (Å²) in [6, 6.07) is 0.801. The normalized spacial score (nSPS) is 44.0.